The standard InChI is InChI=1S/C11H22O3S/c1-5-9(3)7-15(13)8-10(4)11(12)14-6-2/h9-10H,5-8H2,1-4H3. The average molecular weight is 234 g/mol. The highest BCUT2D eigenvalue weighted by Gasteiger charge is 2.17. The van der Waals surface area contributed by atoms with Crippen molar-refractivity contribution < 1.29 is 13.7 Å². The summed E-state index contributed by atoms with van der Waals surface area (Å²) in [6.45, 7) is 8.10. The van der Waals surface area contributed by atoms with Crippen molar-refractivity contribution in [2.45, 2.75) is 34.1 Å². The van der Waals surface area contributed by atoms with Gasteiger partial charge in [0.25, 0.3) is 0 Å². The highest BCUT2D eigenvalue weighted by atomic mass is 32.2. The molecule has 0 saturated heterocycles. The molecule has 3 unspecified atom stereocenters. The molecule has 15 heavy (non-hydrogen) atoms. The summed E-state index contributed by atoms with van der Waals surface area (Å²) >= 11 is 0. The lowest BCUT2D eigenvalue weighted by Gasteiger charge is -2.12. The Morgan fingerprint density at radius 2 is 1.87 bits per heavy atom. The largest absolute Gasteiger partial charge is 0.466 e. The predicted molar refractivity (Wildman–Crippen MR) is 63.1 cm³/mol. The molecule has 0 aliphatic heterocycles. The Morgan fingerprint density at radius 1 is 1.27 bits per heavy atom. The van der Waals surface area contributed by atoms with Crippen LogP contribution < -0.4 is 0 Å². The van der Waals surface area contributed by atoms with Crippen LogP contribution in [-0.4, -0.2) is 28.3 Å². The lowest BCUT2D eigenvalue weighted by molar-refractivity contribution is -0.146. The minimum atomic E-state index is -0.905. The first-order valence-electron chi connectivity index (χ1n) is 5.52. The summed E-state index contributed by atoms with van der Waals surface area (Å²) in [7, 11) is -0.905. The Labute approximate surface area is 95.0 Å². The Morgan fingerprint density at radius 3 is 2.33 bits per heavy atom. The highest BCUT2D eigenvalue weighted by molar-refractivity contribution is 7.85. The number of ether oxygens (including phenoxy) is 1. The normalized spacial score (nSPS) is 16.8. The molecule has 0 spiro atoms. The maximum atomic E-state index is 11.6. The first-order valence-corrected chi connectivity index (χ1v) is 7.01. The molecular weight excluding hydrogens is 212 g/mol. The molecule has 0 bridgehead atoms. The number of carbonyl (C=O) groups is 1. The molecule has 0 aromatic carbocycles. The van der Waals surface area contributed by atoms with Gasteiger partial charge in [0.1, 0.15) is 0 Å². The number of hydrogen-bond donors (Lipinski definition) is 0. The zero-order valence-electron chi connectivity index (χ0n) is 10.1. The van der Waals surface area contributed by atoms with Gasteiger partial charge in [-0.05, 0) is 12.8 Å². The van der Waals surface area contributed by atoms with Crippen molar-refractivity contribution in [1.29, 1.82) is 0 Å². The second-order valence-electron chi connectivity index (χ2n) is 3.94. The van der Waals surface area contributed by atoms with Crippen LogP contribution in [0.25, 0.3) is 0 Å². The summed E-state index contributed by atoms with van der Waals surface area (Å²) in [6, 6.07) is 0. The molecule has 0 aliphatic rings. The fourth-order valence-electron chi connectivity index (χ4n) is 1.13. The fraction of sp³-hybridized carbons (Fsp3) is 0.909. The average Bonchev–Trinajstić information content (AvgIpc) is 2.17. The van der Waals surface area contributed by atoms with Gasteiger partial charge in [-0.2, -0.15) is 0 Å². The number of carbonyl (C=O) groups excluding carboxylic acids is 1. The predicted octanol–water partition coefficient (Wildman–Crippen LogP) is 1.98. The molecule has 0 aromatic heterocycles. The maximum absolute atomic E-state index is 11.6. The van der Waals surface area contributed by atoms with Gasteiger partial charge in [0, 0.05) is 22.3 Å². The van der Waals surface area contributed by atoms with E-state index in [0.717, 1.165) is 6.42 Å². The number of esters is 1. The van der Waals surface area contributed by atoms with Crippen molar-refractivity contribution in [2.24, 2.45) is 11.8 Å². The molecule has 0 saturated carbocycles. The van der Waals surface area contributed by atoms with Gasteiger partial charge in [-0.15, -0.1) is 0 Å². The third-order valence-electron chi connectivity index (χ3n) is 2.29. The van der Waals surface area contributed by atoms with Crippen molar-refractivity contribution in [3.05, 3.63) is 0 Å². The van der Waals surface area contributed by atoms with Crippen LogP contribution in [0.4, 0.5) is 0 Å². The topological polar surface area (TPSA) is 43.4 Å². The van der Waals surface area contributed by atoms with Crippen LogP contribution in [0.2, 0.25) is 0 Å². The molecule has 0 aliphatic carbocycles. The summed E-state index contributed by atoms with van der Waals surface area (Å²) < 4.78 is 16.5. The van der Waals surface area contributed by atoms with Gasteiger partial charge in [-0.3, -0.25) is 9.00 Å². The zero-order valence-corrected chi connectivity index (χ0v) is 10.9. The molecule has 0 amide bonds. The van der Waals surface area contributed by atoms with E-state index in [1.807, 2.05) is 0 Å². The molecule has 0 heterocycles. The van der Waals surface area contributed by atoms with Gasteiger partial charge < -0.3 is 4.74 Å². The third kappa shape index (κ3) is 6.66. The lowest BCUT2D eigenvalue weighted by atomic mass is 10.2. The van der Waals surface area contributed by atoms with Gasteiger partial charge in [0.05, 0.1) is 12.5 Å². The van der Waals surface area contributed by atoms with E-state index in [4.69, 9.17) is 4.74 Å². The van der Waals surface area contributed by atoms with Crippen LogP contribution in [0.15, 0.2) is 0 Å². The smallest absolute Gasteiger partial charge is 0.309 e. The van der Waals surface area contributed by atoms with E-state index in [1.54, 1.807) is 13.8 Å². The van der Waals surface area contributed by atoms with Crippen LogP contribution >= 0.6 is 0 Å². The molecule has 0 rings (SSSR count). The van der Waals surface area contributed by atoms with Crippen molar-refractivity contribution in [2.75, 3.05) is 18.1 Å². The second kappa shape index (κ2) is 7.85. The van der Waals surface area contributed by atoms with Crippen LogP contribution in [0.3, 0.4) is 0 Å². The van der Waals surface area contributed by atoms with Crippen molar-refractivity contribution >= 4 is 16.8 Å². The summed E-state index contributed by atoms with van der Waals surface area (Å²) in [6.07, 6.45) is 1.03. The Bertz CT molecular complexity index is 216. The Hall–Kier alpha value is -0.380. The first-order chi connectivity index (χ1) is 7.01. The van der Waals surface area contributed by atoms with E-state index in [2.05, 4.69) is 13.8 Å². The molecule has 3 atom stereocenters. The SMILES string of the molecule is CCOC(=O)C(C)CS(=O)CC(C)CC. The molecule has 0 fully saturated rings. The maximum Gasteiger partial charge on any atom is 0.309 e. The number of hydrogen-bond acceptors (Lipinski definition) is 3. The van der Waals surface area contributed by atoms with Gasteiger partial charge in [0.2, 0.25) is 0 Å². The van der Waals surface area contributed by atoms with E-state index >= 15 is 0 Å². The molecular formula is C11H22O3S. The highest BCUT2D eigenvalue weighted by Crippen LogP contribution is 2.07. The summed E-state index contributed by atoms with van der Waals surface area (Å²) in [5, 5.41) is 0. The Balaban J connectivity index is 3.90. The lowest BCUT2D eigenvalue weighted by Crippen LogP contribution is -2.23. The summed E-state index contributed by atoms with van der Waals surface area (Å²) in [5.41, 5.74) is 0. The van der Waals surface area contributed by atoms with E-state index in [0.29, 0.717) is 24.0 Å². The van der Waals surface area contributed by atoms with Gasteiger partial charge in [0.15, 0.2) is 0 Å². The molecule has 90 valence electrons. The van der Waals surface area contributed by atoms with Gasteiger partial charge >= 0.3 is 5.97 Å². The molecule has 3 nitrogen and oxygen atoms in total. The second-order valence-corrected chi connectivity index (χ2v) is 5.49. The van der Waals surface area contributed by atoms with Crippen molar-refractivity contribution in [3.63, 3.8) is 0 Å². The van der Waals surface area contributed by atoms with E-state index in [-0.39, 0.29) is 11.9 Å². The first kappa shape index (κ1) is 14.6. The quantitative estimate of drug-likeness (QED) is 0.633. The van der Waals surface area contributed by atoms with E-state index in [9.17, 15) is 9.00 Å². The van der Waals surface area contributed by atoms with Crippen LogP contribution in [-0.2, 0) is 20.3 Å². The minimum absolute atomic E-state index is 0.241. The summed E-state index contributed by atoms with van der Waals surface area (Å²) in [5.74, 6) is 1.06. The summed E-state index contributed by atoms with van der Waals surface area (Å²) in [4.78, 5) is 11.3. The third-order valence-corrected chi connectivity index (χ3v) is 4.10. The number of rotatable bonds is 7. The minimum Gasteiger partial charge on any atom is -0.466 e. The van der Waals surface area contributed by atoms with Crippen LogP contribution in [0.5, 0.6) is 0 Å². The monoisotopic (exact) mass is 234 g/mol. The zero-order chi connectivity index (χ0) is 11.8. The Kier molecular flexibility index (Phi) is 7.65. The fourth-order valence-corrected chi connectivity index (χ4v) is 2.83. The van der Waals surface area contributed by atoms with Gasteiger partial charge in [-0.25, -0.2) is 0 Å². The van der Waals surface area contributed by atoms with Gasteiger partial charge in [-0.1, -0.05) is 27.2 Å². The molecule has 0 aromatic rings. The molecule has 0 radical (unpaired) electrons. The van der Waals surface area contributed by atoms with E-state index in [1.165, 1.54) is 0 Å². The van der Waals surface area contributed by atoms with Crippen LogP contribution in [0.1, 0.15) is 34.1 Å². The van der Waals surface area contributed by atoms with E-state index < -0.39 is 10.8 Å². The molecule has 4 heteroatoms. The van der Waals surface area contributed by atoms with Crippen molar-refractivity contribution in [1.82, 2.24) is 0 Å². The molecule has 0 N–H and O–H groups in total. The van der Waals surface area contributed by atoms with Crippen LogP contribution in [0, 0.1) is 11.8 Å². The van der Waals surface area contributed by atoms with Crippen molar-refractivity contribution in [3.8, 4) is 0 Å².